The molecular weight excluding hydrogens is 434 g/mol. The van der Waals surface area contributed by atoms with Crippen molar-refractivity contribution >= 4 is 29.4 Å². The van der Waals surface area contributed by atoms with Gasteiger partial charge in [0.25, 0.3) is 5.91 Å². The number of amides is 1. The number of carbonyl (C=O) groups is 2. The summed E-state index contributed by atoms with van der Waals surface area (Å²) >= 11 is 0.891. The fourth-order valence-electron chi connectivity index (χ4n) is 3.16. The van der Waals surface area contributed by atoms with Gasteiger partial charge in [0.05, 0.1) is 11.5 Å². The van der Waals surface area contributed by atoms with Crippen LogP contribution in [0.15, 0.2) is 53.1 Å². The molecule has 1 heterocycles. The Bertz CT molecular complexity index is 828. The molecule has 0 bridgehead atoms. The molecule has 0 radical (unpaired) electrons. The van der Waals surface area contributed by atoms with Crippen LogP contribution in [0.1, 0.15) is 33.3 Å². The zero-order valence-electron chi connectivity index (χ0n) is 20.9. The van der Waals surface area contributed by atoms with Crippen molar-refractivity contribution in [3.63, 3.8) is 0 Å². The van der Waals surface area contributed by atoms with Crippen LogP contribution in [0.5, 0.6) is 5.75 Å². The van der Waals surface area contributed by atoms with Crippen LogP contribution in [0, 0.1) is 0 Å². The molecule has 1 aliphatic rings. The first-order valence-corrected chi connectivity index (χ1v) is 12.3. The zero-order valence-corrected chi connectivity index (χ0v) is 21.7. The molecule has 0 spiro atoms. The SMILES string of the molecule is C/C=C\C(=C/C)N1CCN(C)CC1.CCOc1cccc(/C=C(/SC=O)C(=O)N(C)CC)c1. The lowest BCUT2D eigenvalue weighted by atomic mass is 10.2. The van der Waals surface area contributed by atoms with Gasteiger partial charge in [0.15, 0.2) is 5.62 Å². The Kier molecular flexibility index (Phi) is 14.0. The molecule has 0 N–H and O–H groups in total. The molecular formula is C26H39N3O3S. The van der Waals surface area contributed by atoms with E-state index in [-0.39, 0.29) is 5.91 Å². The predicted octanol–water partition coefficient (Wildman–Crippen LogP) is 4.54. The lowest BCUT2D eigenvalue weighted by molar-refractivity contribution is -0.124. The summed E-state index contributed by atoms with van der Waals surface area (Å²) in [5, 5.41) is 0. The van der Waals surface area contributed by atoms with Gasteiger partial charge in [-0.15, -0.1) is 0 Å². The van der Waals surface area contributed by atoms with Gasteiger partial charge in [-0.1, -0.05) is 24.3 Å². The highest BCUT2D eigenvalue weighted by atomic mass is 32.2. The minimum atomic E-state index is -0.161. The van der Waals surface area contributed by atoms with E-state index in [0.717, 1.165) is 36.2 Å². The van der Waals surface area contributed by atoms with Crippen LogP contribution >= 0.6 is 11.8 Å². The number of hydrogen-bond acceptors (Lipinski definition) is 6. The number of hydrogen-bond donors (Lipinski definition) is 0. The van der Waals surface area contributed by atoms with Gasteiger partial charge in [-0.3, -0.25) is 9.59 Å². The quantitative estimate of drug-likeness (QED) is 0.298. The van der Waals surface area contributed by atoms with Crippen molar-refractivity contribution in [3.8, 4) is 5.75 Å². The standard InChI is InChI=1S/C15H19NO3S.C11H20N2/c1-4-16(3)15(18)14(20-11-17)10-12-7-6-8-13(9-12)19-5-2;1-4-6-11(5-2)13-9-7-12(3)8-10-13/h6-11H,4-5H2,1-3H3;4-6H,7-10H2,1-3H3/b14-10+;6-4-,11-5+. The van der Waals surface area contributed by atoms with Crippen LogP contribution in [0.25, 0.3) is 6.08 Å². The van der Waals surface area contributed by atoms with Gasteiger partial charge in [0.2, 0.25) is 0 Å². The Hall–Kier alpha value is -2.51. The number of benzene rings is 1. The summed E-state index contributed by atoms with van der Waals surface area (Å²) in [4.78, 5) is 29.6. The number of carbonyl (C=O) groups excluding carboxylic acids is 2. The third-order valence-corrected chi connectivity index (χ3v) is 5.82. The second-order valence-corrected chi connectivity index (χ2v) is 8.42. The van der Waals surface area contributed by atoms with Crippen LogP contribution in [-0.4, -0.2) is 79.7 Å². The summed E-state index contributed by atoms with van der Waals surface area (Å²) in [5.74, 6) is 0.583. The summed E-state index contributed by atoms with van der Waals surface area (Å²) in [5.41, 5.74) is 2.85. The van der Waals surface area contributed by atoms with E-state index in [0.29, 0.717) is 23.7 Å². The summed E-state index contributed by atoms with van der Waals surface area (Å²) < 4.78 is 5.42. The van der Waals surface area contributed by atoms with E-state index >= 15 is 0 Å². The number of thioether (sulfide) groups is 1. The van der Waals surface area contributed by atoms with Gasteiger partial charge in [-0.25, -0.2) is 0 Å². The summed E-state index contributed by atoms with van der Waals surface area (Å²) in [6, 6.07) is 7.42. The molecule has 1 aromatic rings. The van der Waals surface area contributed by atoms with Crippen molar-refractivity contribution in [2.24, 2.45) is 0 Å². The summed E-state index contributed by atoms with van der Waals surface area (Å²) in [6.07, 6.45) is 8.18. The van der Waals surface area contributed by atoms with Gasteiger partial charge in [0, 0.05) is 45.5 Å². The van der Waals surface area contributed by atoms with Crippen molar-refractivity contribution in [1.29, 1.82) is 0 Å². The Morgan fingerprint density at radius 2 is 1.88 bits per heavy atom. The average Bonchev–Trinajstić information content (AvgIpc) is 2.83. The number of piperazine rings is 1. The van der Waals surface area contributed by atoms with Crippen LogP contribution in [0.2, 0.25) is 0 Å². The first kappa shape index (κ1) is 28.5. The van der Waals surface area contributed by atoms with Crippen molar-refractivity contribution in [2.75, 3.05) is 53.4 Å². The lowest BCUT2D eigenvalue weighted by Crippen LogP contribution is -2.43. The van der Waals surface area contributed by atoms with Crippen LogP contribution in [-0.2, 0) is 9.59 Å². The van der Waals surface area contributed by atoms with Gasteiger partial charge < -0.3 is 19.4 Å². The third kappa shape index (κ3) is 10.3. The van der Waals surface area contributed by atoms with Crippen molar-refractivity contribution < 1.29 is 14.3 Å². The van der Waals surface area contributed by atoms with Crippen molar-refractivity contribution in [2.45, 2.75) is 27.7 Å². The van der Waals surface area contributed by atoms with Crippen LogP contribution in [0.4, 0.5) is 0 Å². The van der Waals surface area contributed by atoms with E-state index in [2.05, 4.69) is 48.9 Å². The predicted molar refractivity (Wildman–Crippen MR) is 141 cm³/mol. The fourth-order valence-corrected chi connectivity index (χ4v) is 3.73. The average molecular weight is 474 g/mol. The largest absolute Gasteiger partial charge is 0.494 e. The van der Waals surface area contributed by atoms with E-state index in [9.17, 15) is 9.59 Å². The van der Waals surface area contributed by atoms with Crippen molar-refractivity contribution in [1.82, 2.24) is 14.7 Å². The molecule has 0 aliphatic carbocycles. The molecule has 0 saturated carbocycles. The first-order chi connectivity index (χ1) is 15.9. The normalized spacial score (nSPS) is 15.2. The van der Waals surface area contributed by atoms with Crippen molar-refractivity contribution in [3.05, 3.63) is 58.7 Å². The van der Waals surface area contributed by atoms with Gasteiger partial charge >= 0.3 is 0 Å². The lowest BCUT2D eigenvalue weighted by Gasteiger charge is -2.34. The van der Waals surface area contributed by atoms with E-state index < -0.39 is 0 Å². The molecule has 7 heteroatoms. The minimum absolute atomic E-state index is 0.161. The highest BCUT2D eigenvalue weighted by Crippen LogP contribution is 2.22. The van der Waals surface area contributed by atoms with Gasteiger partial charge in [-0.2, -0.15) is 0 Å². The Morgan fingerprint density at radius 3 is 2.42 bits per heavy atom. The summed E-state index contributed by atoms with van der Waals surface area (Å²) in [6.45, 7) is 13.8. The topological polar surface area (TPSA) is 53.1 Å². The molecule has 1 fully saturated rings. The second kappa shape index (κ2) is 16.2. The van der Waals surface area contributed by atoms with E-state index in [1.165, 1.54) is 18.8 Å². The minimum Gasteiger partial charge on any atom is -0.494 e. The van der Waals surface area contributed by atoms with Crippen LogP contribution in [0.3, 0.4) is 0 Å². The highest BCUT2D eigenvalue weighted by molar-refractivity contribution is 8.16. The highest BCUT2D eigenvalue weighted by Gasteiger charge is 2.14. The van der Waals surface area contributed by atoms with Gasteiger partial charge in [-0.05, 0) is 76.4 Å². The maximum atomic E-state index is 12.1. The first-order valence-electron chi connectivity index (χ1n) is 11.4. The molecule has 1 saturated heterocycles. The number of likely N-dealkylation sites (N-methyl/N-ethyl adjacent to an activating group) is 2. The Labute approximate surface area is 204 Å². The van der Waals surface area contributed by atoms with E-state index in [4.69, 9.17) is 4.74 Å². The molecule has 0 unspecified atom stereocenters. The molecule has 0 aromatic heterocycles. The maximum Gasteiger partial charge on any atom is 0.260 e. The number of nitrogens with zero attached hydrogens (tertiary/aromatic N) is 3. The molecule has 1 amide bonds. The Morgan fingerprint density at radius 1 is 1.18 bits per heavy atom. The molecule has 1 aliphatic heterocycles. The molecule has 1 aromatic carbocycles. The maximum absolute atomic E-state index is 12.1. The van der Waals surface area contributed by atoms with Crippen LogP contribution < -0.4 is 4.74 Å². The molecule has 33 heavy (non-hydrogen) atoms. The van der Waals surface area contributed by atoms with E-state index in [1.807, 2.05) is 38.1 Å². The monoisotopic (exact) mass is 473 g/mol. The molecule has 2 rings (SSSR count). The molecule has 182 valence electrons. The molecule has 6 nitrogen and oxygen atoms in total. The van der Waals surface area contributed by atoms with Gasteiger partial charge in [0.1, 0.15) is 5.75 Å². The second-order valence-electron chi connectivity index (χ2n) is 7.55. The fraction of sp³-hybridized carbons (Fsp3) is 0.462. The third-order valence-electron chi connectivity index (χ3n) is 5.18. The zero-order chi connectivity index (χ0) is 24.6. The summed E-state index contributed by atoms with van der Waals surface area (Å²) in [7, 11) is 3.89. The molecule has 0 atom stereocenters. The Balaban J connectivity index is 0.000000361. The van der Waals surface area contributed by atoms with E-state index in [1.54, 1.807) is 18.0 Å². The number of ether oxygens (including phenoxy) is 1. The smallest absolute Gasteiger partial charge is 0.260 e. The number of rotatable bonds is 9. The number of allylic oxidation sites excluding steroid dienone is 3.